The Hall–Kier alpha value is -2.94. The number of hydrogen-bond acceptors (Lipinski definition) is 5. The van der Waals surface area contributed by atoms with Crippen LogP contribution in [0.4, 0.5) is 10.1 Å². The summed E-state index contributed by atoms with van der Waals surface area (Å²) in [6.45, 7) is 0.277. The van der Waals surface area contributed by atoms with Crippen molar-refractivity contribution in [2.45, 2.75) is 23.4 Å². The largest absolute Gasteiger partial charge is 0.495 e. The summed E-state index contributed by atoms with van der Waals surface area (Å²) in [5.74, 6) is -0.0783. The Morgan fingerprint density at radius 2 is 1.76 bits per heavy atom. The van der Waals surface area contributed by atoms with Gasteiger partial charge in [0.15, 0.2) is 0 Å². The maximum Gasteiger partial charge on any atom is 0.247 e. The minimum Gasteiger partial charge on any atom is -0.495 e. The number of benzene rings is 3. The van der Waals surface area contributed by atoms with Crippen molar-refractivity contribution in [3.05, 3.63) is 78.1 Å². The lowest BCUT2D eigenvalue weighted by Crippen LogP contribution is -2.48. The quantitative estimate of drug-likeness (QED) is 0.594. The number of ether oxygens (including phenoxy) is 1. The van der Waals surface area contributed by atoms with Crippen LogP contribution in [-0.2, 0) is 10.0 Å². The van der Waals surface area contributed by atoms with Gasteiger partial charge in [-0.3, -0.25) is 0 Å². The van der Waals surface area contributed by atoms with Gasteiger partial charge in [0.2, 0.25) is 10.0 Å². The lowest BCUT2D eigenvalue weighted by Gasteiger charge is -2.44. The molecule has 1 saturated heterocycles. The van der Waals surface area contributed by atoms with Crippen molar-refractivity contribution < 1.29 is 22.7 Å². The first-order chi connectivity index (χ1) is 16.4. The number of likely N-dealkylation sites (N-methyl/N-ethyl adjacent to an activating group) is 1. The average molecular weight is 483 g/mol. The van der Waals surface area contributed by atoms with E-state index in [9.17, 15) is 17.9 Å². The Kier molecular flexibility index (Phi) is 5.83. The van der Waals surface area contributed by atoms with Crippen molar-refractivity contribution in [1.29, 1.82) is 0 Å². The van der Waals surface area contributed by atoms with Crippen LogP contribution in [0.5, 0.6) is 5.75 Å². The minimum atomic E-state index is -3.87. The van der Waals surface area contributed by atoms with Gasteiger partial charge in [0.05, 0.1) is 25.8 Å². The standard InChI is InChI=1S/C26H27FN2O4S/c1-28-22-12-9-18(17-7-10-19(27)11-8-17)15-21(22)26-20(23(28)16-30)13-14-29(26)34(31,32)25-6-4-3-5-24(25)33-2/h3-12,15,20,23,26,30H,13-14,16H2,1-2H3/t20-,23-,26-/m0/s1. The number of hydrogen-bond donors (Lipinski definition) is 1. The Labute approximate surface area is 199 Å². The van der Waals surface area contributed by atoms with Crippen LogP contribution < -0.4 is 9.64 Å². The van der Waals surface area contributed by atoms with Crippen LogP contribution in [0.2, 0.25) is 0 Å². The van der Waals surface area contributed by atoms with E-state index in [0.29, 0.717) is 18.7 Å². The number of anilines is 1. The lowest BCUT2D eigenvalue weighted by atomic mass is 9.81. The van der Waals surface area contributed by atoms with Gasteiger partial charge in [-0.25, -0.2) is 12.8 Å². The molecular formula is C26H27FN2O4S. The van der Waals surface area contributed by atoms with Crippen molar-refractivity contribution in [1.82, 2.24) is 4.31 Å². The van der Waals surface area contributed by atoms with E-state index < -0.39 is 16.1 Å². The van der Waals surface area contributed by atoms with E-state index >= 15 is 0 Å². The number of fused-ring (bicyclic) bond motifs is 3. The summed E-state index contributed by atoms with van der Waals surface area (Å²) in [5, 5.41) is 10.2. The third-order valence-electron chi connectivity index (χ3n) is 7.14. The second kappa shape index (κ2) is 8.69. The van der Waals surface area contributed by atoms with Crippen LogP contribution in [0.1, 0.15) is 18.0 Å². The van der Waals surface area contributed by atoms with Gasteiger partial charge in [-0.1, -0.05) is 30.3 Å². The van der Waals surface area contributed by atoms with Gasteiger partial charge < -0.3 is 14.7 Å². The van der Waals surface area contributed by atoms with Crippen molar-refractivity contribution in [2.75, 3.05) is 32.2 Å². The normalized spacial score (nSPS) is 22.4. The first-order valence-electron chi connectivity index (χ1n) is 11.2. The lowest BCUT2D eigenvalue weighted by molar-refractivity contribution is 0.193. The fraction of sp³-hybridized carbons (Fsp3) is 0.308. The van der Waals surface area contributed by atoms with Crippen LogP contribution in [-0.4, -0.2) is 51.2 Å². The highest BCUT2D eigenvalue weighted by molar-refractivity contribution is 7.89. The van der Waals surface area contributed by atoms with E-state index in [4.69, 9.17) is 4.74 Å². The zero-order valence-corrected chi connectivity index (χ0v) is 19.9. The van der Waals surface area contributed by atoms with E-state index in [1.165, 1.54) is 19.2 Å². The number of rotatable bonds is 5. The van der Waals surface area contributed by atoms with Crippen LogP contribution in [0.15, 0.2) is 71.6 Å². The molecule has 1 N–H and O–H groups in total. The van der Waals surface area contributed by atoms with Gasteiger partial charge in [0.25, 0.3) is 0 Å². The maximum absolute atomic E-state index is 13.9. The van der Waals surface area contributed by atoms with Gasteiger partial charge in [-0.05, 0) is 59.5 Å². The molecule has 0 unspecified atom stereocenters. The van der Waals surface area contributed by atoms with Crippen LogP contribution >= 0.6 is 0 Å². The predicted octanol–water partition coefficient (Wildman–Crippen LogP) is 4.06. The summed E-state index contributed by atoms with van der Waals surface area (Å²) in [5.41, 5.74) is 3.50. The number of halogens is 1. The molecule has 0 saturated carbocycles. The molecular weight excluding hydrogens is 455 g/mol. The summed E-state index contributed by atoms with van der Waals surface area (Å²) < 4.78 is 48.1. The molecule has 0 radical (unpaired) electrons. The molecule has 1 fully saturated rings. The zero-order chi connectivity index (χ0) is 24.0. The van der Waals surface area contributed by atoms with Crippen LogP contribution in [0.3, 0.4) is 0 Å². The molecule has 6 nitrogen and oxygen atoms in total. The summed E-state index contributed by atoms with van der Waals surface area (Å²) in [7, 11) is -0.472. The van der Waals surface area contributed by atoms with E-state index in [-0.39, 0.29) is 29.3 Å². The second-order valence-corrected chi connectivity index (χ2v) is 10.7. The number of aliphatic hydroxyl groups excluding tert-OH is 1. The number of methoxy groups -OCH3 is 1. The Morgan fingerprint density at radius 3 is 2.47 bits per heavy atom. The Bertz CT molecular complexity index is 1310. The van der Waals surface area contributed by atoms with Gasteiger partial charge in [0.1, 0.15) is 16.5 Å². The monoisotopic (exact) mass is 482 g/mol. The fourth-order valence-electron chi connectivity index (χ4n) is 5.46. The molecule has 0 aliphatic carbocycles. The number of aliphatic hydroxyl groups is 1. The summed E-state index contributed by atoms with van der Waals surface area (Å²) in [6, 6.07) is 18.2. The molecule has 178 valence electrons. The molecule has 3 aromatic rings. The van der Waals surface area contributed by atoms with E-state index in [2.05, 4.69) is 0 Å². The first-order valence-corrected chi connectivity index (χ1v) is 12.7. The highest BCUT2D eigenvalue weighted by atomic mass is 32.2. The van der Waals surface area contributed by atoms with Gasteiger partial charge >= 0.3 is 0 Å². The van der Waals surface area contributed by atoms with Gasteiger partial charge in [-0.15, -0.1) is 0 Å². The smallest absolute Gasteiger partial charge is 0.247 e. The van der Waals surface area contributed by atoms with Crippen molar-refractivity contribution in [3.63, 3.8) is 0 Å². The fourth-order valence-corrected chi connectivity index (χ4v) is 7.29. The van der Waals surface area contributed by atoms with Crippen LogP contribution in [0, 0.1) is 11.7 Å². The third kappa shape index (κ3) is 3.57. The number of nitrogens with zero attached hydrogens (tertiary/aromatic N) is 2. The Morgan fingerprint density at radius 1 is 1.06 bits per heavy atom. The predicted molar refractivity (Wildman–Crippen MR) is 129 cm³/mol. The topological polar surface area (TPSA) is 70.1 Å². The minimum absolute atomic E-state index is 0.0701. The highest BCUT2D eigenvalue weighted by Gasteiger charge is 2.50. The average Bonchev–Trinajstić information content (AvgIpc) is 3.30. The third-order valence-corrected chi connectivity index (χ3v) is 9.06. The molecule has 2 aliphatic rings. The number of sulfonamides is 1. The Balaban J connectivity index is 1.65. The molecule has 0 amide bonds. The molecule has 3 atom stereocenters. The summed E-state index contributed by atoms with van der Waals surface area (Å²) in [6.07, 6.45) is 0.634. The molecule has 0 spiro atoms. The molecule has 0 aromatic heterocycles. The van der Waals surface area contributed by atoms with E-state index in [1.54, 1.807) is 40.7 Å². The van der Waals surface area contributed by atoms with Gasteiger partial charge in [-0.2, -0.15) is 4.31 Å². The van der Waals surface area contributed by atoms with Gasteiger partial charge in [0, 0.05) is 25.2 Å². The van der Waals surface area contributed by atoms with E-state index in [0.717, 1.165) is 22.4 Å². The maximum atomic E-state index is 13.9. The second-order valence-electron chi connectivity index (χ2n) is 8.81. The van der Waals surface area contributed by atoms with Crippen molar-refractivity contribution in [3.8, 4) is 16.9 Å². The molecule has 5 rings (SSSR count). The molecule has 2 aliphatic heterocycles. The van der Waals surface area contributed by atoms with Crippen molar-refractivity contribution in [2.24, 2.45) is 5.92 Å². The molecule has 34 heavy (non-hydrogen) atoms. The highest BCUT2D eigenvalue weighted by Crippen LogP contribution is 2.51. The number of para-hydroxylation sites is 1. The summed E-state index contributed by atoms with van der Waals surface area (Å²) in [4.78, 5) is 2.18. The molecule has 3 aromatic carbocycles. The molecule has 8 heteroatoms. The SMILES string of the molecule is COc1ccccc1S(=O)(=O)N1CC[C@@H]2[C@H]1c1cc(-c3ccc(F)cc3)ccc1N(C)[C@H]2CO. The van der Waals surface area contributed by atoms with Crippen LogP contribution in [0.25, 0.3) is 11.1 Å². The van der Waals surface area contributed by atoms with Crippen molar-refractivity contribution >= 4 is 15.7 Å². The molecule has 0 bridgehead atoms. The van der Waals surface area contributed by atoms with E-state index in [1.807, 2.05) is 30.1 Å². The molecule has 2 heterocycles. The first kappa shape index (κ1) is 22.8. The summed E-state index contributed by atoms with van der Waals surface area (Å²) >= 11 is 0. The zero-order valence-electron chi connectivity index (χ0n) is 19.1.